The van der Waals surface area contributed by atoms with Gasteiger partial charge >= 0.3 is 6.36 Å². The minimum absolute atomic E-state index is 0.312. The molecule has 0 unspecified atom stereocenters. The predicted molar refractivity (Wildman–Crippen MR) is 43.4 cm³/mol. The van der Waals surface area contributed by atoms with Gasteiger partial charge < -0.3 is 4.74 Å². The van der Waals surface area contributed by atoms with Gasteiger partial charge in [0.25, 0.3) is 0 Å². The van der Waals surface area contributed by atoms with Crippen LogP contribution in [0.15, 0.2) is 16.9 Å². The summed E-state index contributed by atoms with van der Waals surface area (Å²) in [4.78, 5) is 3.65. The first kappa shape index (κ1) is 10.3. The lowest BCUT2D eigenvalue weighted by Crippen LogP contribution is -2.17. The van der Waals surface area contributed by atoms with Crippen LogP contribution in [0.1, 0.15) is 5.56 Å². The SMILES string of the molecule is Cc1cc(OC(F)(F)F)cnc1Br. The van der Waals surface area contributed by atoms with Crippen LogP contribution in [0.3, 0.4) is 0 Å². The number of ether oxygens (including phenoxy) is 1. The average molecular weight is 256 g/mol. The quantitative estimate of drug-likeness (QED) is 0.720. The lowest BCUT2D eigenvalue weighted by Gasteiger charge is -2.08. The van der Waals surface area contributed by atoms with Crippen molar-refractivity contribution in [1.82, 2.24) is 4.98 Å². The molecule has 0 aliphatic rings. The Balaban J connectivity index is 2.86. The van der Waals surface area contributed by atoms with Gasteiger partial charge in [0, 0.05) is 0 Å². The van der Waals surface area contributed by atoms with Gasteiger partial charge in [-0.15, -0.1) is 13.2 Å². The summed E-state index contributed by atoms with van der Waals surface area (Å²) < 4.78 is 39.3. The zero-order valence-corrected chi connectivity index (χ0v) is 8.11. The molecule has 0 spiro atoms. The van der Waals surface area contributed by atoms with Crippen LogP contribution in [0, 0.1) is 6.92 Å². The van der Waals surface area contributed by atoms with Crippen LogP contribution < -0.4 is 4.74 Å². The van der Waals surface area contributed by atoms with Crippen molar-refractivity contribution in [2.45, 2.75) is 13.3 Å². The van der Waals surface area contributed by atoms with Crippen LogP contribution in [-0.4, -0.2) is 11.3 Å². The largest absolute Gasteiger partial charge is 0.573 e. The van der Waals surface area contributed by atoms with E-state index in [1.54, 1.807) is 6.92 Å². The van der Waals surface area contributed by atoms with Gasteiger partial charge in [-0.25, -0.2) is 4.98 Å². The summed E-state index contributed by atoms with van der Waals surface area (Å²) in [7, 11) is 0. The second-order valence-corrected chi connectivity index (χ2v) is 3.08. The third-order valence-corrected chi connectivity index (χ3v) is 2.05. The number of aromatic nitrogens is 1. The highest BCUT2D eigenvalue weighted by Gasteiger charge is 2.31. The lowest BCUT2D eigenvalue weighted by molar-refractivity contribution is -0.274. The fourth-order valence-electron chi connectivity index (χ4n) is 0.722. The maximum absolute atomic E-state index is 11.7. The number of aryl methyl sites for hydroxylation is 1. The van der Waals surface area contributed by atoms with E-state index >= 15 is 0 Å². The summed E-state index contributed by atoms with van der Waals surface area (Å²) in [5.41, 5.74) is 0.585. The summed E-state index contributed by atoms with van der Waals surface area (Å²) in [6.45, 7) is 1.63. The van der Waals surface area contributed by atoms with Gasteiger partial charge in [-0.05, 0) is 34.5 Å². The molecule has 1 aromatic heterocycles. The molecule has 1 rings (SSSR count). The molecule has 1 aromatic rings. The van der Waals surface area contributed by atoms with E-state index in [1.165, 1.54) is 6.07 Å². The monoisotopic (exact) mass is 255 g/mol. The number of nitrogens with zero attached hydrogens (tertiary/aromatic N) is 1. The van der Waals surface area contributed by atoms with Gasteiger partial charge in [0.2, 0.25) is 0 Å². The fraction of sp³-hybridized carbons (Fsp3) is 0.286. The Morgan fingerprint density at radius 2 is 2.08 bits per heavy atom. The normalized spacial score (nSPS) is 11.5. The molecule has 0 saturated carbocycles. The van der Waals surface area contributed by atoms with Crippen molar-refractivity contribution < 1.29 is 17.9 Å². The molecule has 0 fully saturated rings. The molecular weight excluding hydrogens is 251 g/mol. The van der Waals surface area contributed by atoms with E-state index in [4.69, 9.17) is 0 Å². The molecule has 2 nitrogen and oxygen atoms in total. The van der Waals surface area contributed by atoms with Crippen molar-refractivity contribution >= 4 is 15.9 Å². The van der Waals surface area contributed by atoms with Crippen LogP contribution in [0.5, 0.6) is 5.75 Å². The first-order chi connectivity index (χ1) is 5.88. The van der Waals surface area contributed by atoms with Gasteiger partial charge in [0.1, 0.15) is 10.4 Å². The van der Waals surface area contributed by atoms with Crippen molar-refractivity contribution in [3.8, 4) is 5.75 Å². The van der Waals surface area contributed by atoms with Crippen molar-refractivity contribution in [2.75, 3.05) is 0 Å². The Kier molecular flexibility index (Phi) is 2.80. The Morgan fingerprint density at radius 1 is 1.46 bits per heavy atom. The van der Waals surface area contributed by atoms with Gasteiger partial charge in [-0.1, -0.05) is 0 Å². The Morgan fingerprint density at radius 3 is 2.54 bits per heavy atom. The maximum atomic E-state index is 11.7. The molecule has 1 heterocycles. The van der Waals surface area contributed by atoms with E-state index in [9.17, 15) is 13.2 Å². The Labute approximate surface area is 80.9 Å². The van der Waals surface area contributed by atoms with Crippen LogP contribution in [0.4, 0.5) is 13.2 Å². The zero-order valence-electron chi connectivity index (χ0n) is 6.52. The van der Waals surface area contributed by atoms with Gasteiger partial charge in [-0.2, -0.15) is 0 Å². The van der Waals surface area contributed by atoms with E-state index in [-0.39, 0.29) is 5.75 Å². The van der Waals surface area contributed by atoms with E-state index in [0.717, 1.165) is 6.20 Å². The average Bonchev–Trinajstić information content (AvgIpc) is 1.94. The second kappa shape index (κ2) is 3.53. The molecule has 72 valence electrons. The van der Waals surface area contributed by atoms with Crippen molar-refractivity contribution in [3.63, 3.8) is 0 Å². The molecule has 6 heteroatoms. The molecule has 0 aromatic carbocycles. The molecule has 13 heavy (non-hydrogen) atoms. The third kappa shape index (κ3) is 3.22. The lowest BCUT2D eigenvalue weighted by atomic mass is 10.3. The second-order valence-electron chi connectivity index (χ2n) is 2.33. The highest BCUT2D eigenvalue weighted by molar-refractivity contribution is 9.10. The number of alkyl halides is 3. The molecule has 0 amide bonds. The van der Waals surface area contributed by atoms with Crippen LogP contribution in [0.2, 0.25) is 0 Å². The molecule has 0 radical (unpaired) electrons. The summed E-state index contributed by atoms with van der Waals surface area (Å²) in [5, 5.41) is 0. The molecule has 0 saturated heterocycles. The minimum Gasteiger partial charge on any atom is -0.404 e. The van der Waals surface area contributed by atoms with Crippen LogP contribution >= 0.6 is 15.9 Å². The maximum Gasteiger partial charge on any atom is 0.573 e. The van der Waals surface area contributed by atoms with E-state index in [2.05, 4.69) is 25.7 Å². The summed E-state index contributed by atoms with van der Waals surface area (Å²) in [5.74, 6) is -0.312. The number of halogens is 4. The minimum atomic E-state index is -4.66. The van der Waals surface area contributed by atoms with E-state index < -0.39 is 6.36 Å². The summed E-state index contributed by atoms with van der Waals surface area (Å²) in [6, 6.07) is 1.25. The summed E-state index contributed by atoms with van der Waals surface area (Å²) in [6.07, 6.45) is -3.66. The fourth-order valence-corrected chi connectivity index (χ4v) is 0.939. The smallest absolute Gasteiger partial charge is 0.404 e. The molecular formula is C7H5BrF3NO. The first-order valence-corrected chi connectivity index (χ1v) is 4.06. The number of hydrogen-bond acceptors (Lipinski definition) is 2. The highest BCUT2D eigenvalue weighted by atomic mass is 79.9. The molecule has 0 atom stereocenters. The van der Waals surface area contributed by atoms with E-state index in [0.29, 0.717) is 10.2 Å². The Hall–Kier alpha value is -0.780. The van der Waals surface area contributed by atoms with E-state index in [1.807, 2.05) is 0 Å². The number of hydrogen-bond donors (Lipinski definition) is 0. The molecule has 0 aliphatic heterocycles. The zero-order chi connectivity index (χ0) is 10.1. The standard InChI is InChI=1S/C7H5BrF3NO/c1-4-2-5(3-12-6(4)8)13-7(9,10)11/h2-3H,1H3. The summed E-state index contributed by atoms with van der Waals surface area (Å²) >= 11 is 3.06. The topological polar surface area (TPSA) is 22.1 Å². The van der Waals surface area contributed by atoms with Gasteiger partial charge in [0.05, 0.1) is 6.20 Å². The van der Waals surface area contributed by atoms with Crippen LogP contribution in [-0.2, 0) is 0 Å². The number of rotatable bonds is 1. The third-order valence-electron chi connectivity index (χ3n) is 1.22. The first-order valence-electron chi connectivity index (χ1n) is 3.26. The Bertz CT molecular complexity index is 313. The van der Waals surface area contributed by atoms with Crippen molar-refractivity contribution in [3.05, 3.63) is 22.4 Å². The van der Waals surface area contributed by atoms with Crippen molar-refractivity contribution in [1.29, 1.82) is 0 Å². The predicted octanol–water partition coefficient (Wildman–Crippen LogP) is 3.05. The molecule has 0 aliphatic carbocycles. The van der Waals surface area contributed by atoms with Gasteiger partial charge in [0.15, 0.2) is 0 Å². The molecule has 0 bridgehead atoms. The van der Waals surface area contributed by atoms with Crippen molar-refractivity contribution in [2.24, 2.45) is 0 Å². The number of pyridine rings is 1. The molecule has 0 N–H and O–H groups in total. The highest BCUT2D eigenvalue weighted by Crippen LogP contribution is 2.24. The van der Waals surface area contributed by atoms with Crippen LogP contribution in [0.25, 0.3) is 0 Å². The van der Waals surface area contributed by atoms with Gasteiger partial charge in [-0.3, -0.25) is 0 Å².